The zero-order valence-electron chi connectivity index (χ0n) is 17.8. The molecule has 5 rings (SSSR count). The molecule has 0 bridgehead atoms. The SMILES string of the molecule is O=C(Cc1cccs1)N1CCc2nc(N3CCOCC3)nc(Oc3ccc(F)cc3F)c2C1. The Labute approximate surface area is 193 Å². The van der Waals surface area contributed by atoms with Gasteiger partial charge < -0.3 is 19.3 Å². The molecule has 1 fully saturated rings. The molecule has 0 spiro atoms. The zero-order chi connectivity index (χ0) is 22.8. The topological polar surface area (TPSA) is 67.8 Å². The third kappa shape index (κ3) is 4.81. The van der Waals surface area contributed by atoms with Gasteiger partial charge in [0.25, 0.3) is 0 Å². The van der Waals surface area contributed by atoms with E-state index in [2.05, 4.69) is 4.98 Å². The number of amides is 1. The molecule has 2 aliphatic rings. The van der Waals surface area contributed by atoms with Gasteiger partial charge in [-0.1, -0.05) is 6.07 Å². The van der Waals surface area contributed by atoms with Crippen molar-refractivity contribution in [2.75, 3.05) is 37.7 Å². The lowest BCUT2D eigenvalue weighted by atomic mass is 10.1. The van der Waals surface area contributed by atoms with Gasteiger partial charge in [-0.25, -0.2) is 13.8 Å². The Morgan fingerprint density at radius 3 is 2.76 bits per heavy atom. The van der Waals surface area contributed by atoms with Crippen LogP contribution in [0.2, 0.25) is 0 Å². The largest absolute Gasteiger partial charge is 0.435 e. The number of hydrogen-bond donors (Lipinski definition) is 0. The molecule has 3 aromatic rings. The molecule has 0 N–H and O–H groups in total. The first-order chi connectivity index (χ1) is 16.1. The van der Waals surface area contributed by atoms with E-state index in [1.54, 1.807) is 16.2 Å². The van der Waals surface area contributed by atoms with Crippen LogP contribution >= 0.6 is 11.3 Å². The van der Waals surface area contributed by atoms with E-state index >= 15 is 0 Å². The number of carbonyl (C=O) groups excluding carboxylic acids is 1. The second kappa shape index (κ2) is 9.40. The number of rotatable bonds is 5. The number of halogens is 2. The fourth-order valence-corrected chi connectivity index (χ4v) is 4.61. The Balaban J connectivity index is 1.46. The maximum Gasteiger partial charge on any atom is 0.229 e. The number of aromatic nitrogens is 2. The number of morpholine rings is 1. The van der Waals surface area contributed by atoms with Crippen molar-refractivity contribution in [2.24, 2.45) is 0 Å². The molecule has 7 nitrogen and oxygen atoms in total. The first-order valence-corrected chi connectivity index (χ1v) is 11.6. The fourth-order valence-electron chi connectivity index (χ4n) is 3.91. The summed E-state index contributed by atoms with van der Waals surface area (Å²) in [4.78, 5) is 26.9. The minimum atomic E-state index is -0.822. The molecule has 4 heterocycles. The Bertz CT molecular complexity index is 1150. The van der Waals surface area contributed by atoms with E-state index in [1.807, 2.05) is 22.4 Å². The van der Waals surface area contributed by atoms with Gasteiger partial charge in [-0.2, -0.15) is 4.98 Å². The highest BCUT2D eigenvalue weighted by atomic mass is 32.1. The summed E-state index contributed by atoms with van der Waals surface area (Å²) in [5.41, 5.74) is 1.41. The van der Waals surface area contributed by atoms with Crippen LogP contribution < -0.4 is 9.64 Å². The van der Waals surface area contributed by atoms with Gasteiger partial charge in [0, 0.05) is 37.0 Å². The van der Waals surface area contributed by atoms with Crippen LogP contribution in [0, 0.1) is 11.6 Å². The number of thiophene rings is 1. The van der Waals surface area contributed by atoms with Crippen molar-refractivity contribution >= 4 is 23.2 Å². The molecule has 0 saturated carbocycles. The van der Waals surface area contributed by atoms with Gasteiger partial charge in [0.1, 0.15) is 5.82 Å². The monoisotopic (exact) mass is 472 g/mol. The van der Waals surface area contributed by atoms with Crippen LogP contribution in [0.25, 0.3) is 0 Å². The van der Waals surface area contributed by atoms with Gasteiger partial charge in [0.2, 0.25) is 17.7 Å². The molecule has 0 aliphatic carbocycles. The molecule has 10 heteroatoms. The third-order valence-corrected chi connectivity index (χ3v) is 6.54. The van der Waals surface area contributed by atoms with E-state index in [4.69, 9.17) is 14.5 Å². The van der Waals surface area contributed by atoms with Gasteiger partial charge in [-0.3, -0.25) is 4.79 Å². The van der Waals surface area contributed by atoms with Crippen molar-refractivity contribution in [3.05, 3.63) is 63.5 Å². The van der Waals surface area contributed by atoms with Crippen molar-refractivity contribution in [1.29, 1.82) is 0 Å². The van der Waals surface area contributed by atoms with E-state index in [9.17, 15) is 13.6 Å². The average Bonchev–Trinajstić information content (AvgIpc) is 3.34. The first kappa shape index (κ1) is 21.7. The van der Waals surface area contributed by atoms with Crippen molar-refractivity contribution in [1.82, 2.24) is 14.9 Å². The summed E-state index contributed by atoms with van der Waals surface area (Å²) in [6.07, 6.45) is 0.857. The molecular weight excluding hydrogens is 450 g/mol. The molecular formula is C23H22F2N4O3S. The molecule has 0 atom stereocenters. The molecule has 1 aromatic carbocycles. The van der Waals surface area contributed by atoms with Gasteiger partial charge >= 0.3 is 0 Å². The number of nitrogens with zero attached hydrogens (tertiary/aromatic N) is 4. The van der Waals surface area contributed by atoms with Crippen molar-refractivity contribution in [3.8, 4) is 11.6 Å². The summed E-state index contributed by atoms with van der Waals surface area (Å²) in [6.45, 7) is 3.19. The van der Waals surface area contributed by atoms with Crippen LogP contribution in [0.1, 0.15) is 16.1 Å². The standard InChI is InChI=1S/C23H22F2N4O3S/c24-15-3-4-20(18(25)12-15)32-22-17-14-29(21(30)13-16-2-1-11-33-16)6-5-19(17)26-23(27-22)28-7-9-31-10-8-28/h1-4,11-12H,5-10,13-14H2. The third-order valence-electron chi connectivity index (χ3n) is 5.66. The quantitative estimate of drug-likeness (QED) is 0.566. The van der Waals surface area contributed by atoms with Crippen LogP contribution in [0.5, 0.6) is 11.6 Å². The molecule has 2 aromatic heterocycles. The maximum absolute atomic E-state index is 14.3. The fraction of sp³-hybridized carbons (Fsp3) is 0.348. The first-order valence-electron chi connectivity index (χ1n) is 10.7. The van der Waals surface area contributed by atoms with Crippen molar-refractivity contribution in [2.45, 2.75) is 19.4 Å². The van der Waals surface area contributed by atoms with Crippen molar-refractivity contribution in [3.63, 3.8) is 0 Å². The highest BCUT2D eigenvalue weighted by molar-refractivity contribution is 7.10. The number of carbonyl (C=O) groups is 1. The number of benzene rings is 1. The number of hydrogen-bond acceptors (Lipinski definition) is 7. The smallest absolute Gasteiger partial charge is 0.229 e. The maximum atomic E-state index is 14.3. The van der Waals surface area contributed by atoms with E-state index in [-0.39, 0.29) is 24.1 Å². The minimum absolute atomic E-state index is 0.000677. The lowest BCUT2D eigenvalue weighted by molar-refractivity contribution is -0.131. The van der Waals surface area contributed by atoms with Crippen LogP contribution in [-0.4, -0.2) is 53.6 Å². The van der Waals surface area contributed by atoms with E-state index in [1.165, 1.54) is 6.07 Å². The molecule has 0 radical (unpaired) electrons. The Hall–Kier alpha value is -3.11. The van der Waals surface area contributed by atoms with Crippen LogP contribution in [0.15, 0.2) is 35.7 Å². The molecule has 172 valence electrons. The van der Waals surface area contributed by atoms with Gasteiger partial charge in [-0.15, -0.1) is 11.3 Å². The van der Waals surface area contributed by atoms with Gasteiger partial charge in [0.15, 0.2) is 11.6 Å². The summed E-state index contributed by atoms with van der Waals surface area (Å²) < 4.78 is 39.0. The summed E-state index contributed by atoms with van der Waals surface area (Å²) in [6, 6.07) is 6.98. The normalized spacial score (nSPS) is 15.9. The van der Waals surface area contributed by atoms with E-state index < -0.39 is 11.6 Å². The van der Waals surface area contributed by atoms with Crippen LogP contribution in [0.3, 0.4) is 0 Å². The number of ether oxygens (including phenoxy) is 2. The molecule has 33 heavy (non-hydrogen) atoms. The zero-order valence-corrected chi connectivity index (χ0v) is 18.6. The van der Waals surface area contributed by atoms with Crippen LogP contribution in [0.4, 0.5) is 14.7 Å². The van der Waals surface area contributed by atoms with Crippen LogP contribution in [-0.2, 0) is 28.9 Å². The average molecular weight is 473 g/mol. The predicted molar refractivity (Wildman–Crippen MR) is 119 cm³/mol. The van der Waals surface area contributed by atoms with Gasteiger partial charge in [0.05, 0.1) is 37.4 Å². The second-order valence-corrected chi connectivity index (χ2v) is 8.88. The predicted octanol–water partition coefficient (Wildman–Crippen LogP) is 3.57. The molecule has 2 aliphatic heterocycles. The molecule has 1 amide bonds. The summed E-state index contributed by atoms with van der Waals surface area (Å²) in [5, 5.41) is 1.94. The highest BCUT2D eigenvalue weighted by Gasteiger charge is 2.28. The molecule has 0 unspecified atom stereocenters. The summed E-state index contributed by atoms with van der Waals surface area (Å²) in [5.74, 6) is -0.985. The lowest BCUT2D eigenvalue weighted by Crippen LogP contribution is -2.40. The van der Waals surface area contributed by atoms with Gasteiger partial charge in [-0.05, 0) is 23.6 Å². The Morgan fingerprint density at radius 1 is 1.15 bits per heavy atom. The lowest BCUT2D eigenvalue weighted by Gasteiger charge is -2.32. The van der Waals surface area contributed by atoms with E-state index in [0.29, 0.717) is 57.2 Å². The highest BCUT2D eigenvalue weighted by Crippen LogP contribution is 2.33. The Kier molecular flexibility index (Phi) is 6.19. The van der Waals surface area contributed by atoms with E-state index in [0.717, 1.165) is 22.7 Å². The minimum Gasteiger partial charge on any atom is -0.435 e. The molecule has 1 saturated heterocycles. The number of anilines is 1. The summed E-state index contributed by atoms with van der Waals surface area (Å²) >= 11 is 1.54. The summed E-state index contributed by atoms with van der Waals surface area (Å²) in [7, 11) is 0. The van der Waals surface area contributed by atoms with Crippen molar-refractivity contribution < 1.29 is 23.0 Å². The Morgan fingerprint density at radius 2 is 2.00 bits per heavy atom. The second-order valence-electron chi connectivity index (χ2n) is 7.85. The number of fused-ring (bicyclic) bond motifs is 1.